The molecule has 0 atom stereocenters. The molecule has 3 aromatic carbocycles. The van der Waals surface area contributed by atoms with Crippen LogP contribution in [0.15, 0.2) is 77.7 Å². The number of benzene rings is 3. The Bertz CT molecular complexity index is 1250. The van der Waals surface area contributed by atoms with Gasteiger partial charge in [0.1, 0.15) is 6.54 Å². The summed E-state index contributed by atoms with van der Waals surface area (Å²) in [4.78, 5) is 24.1. The number of carbonyl (C=O) groups excluding carboxylic acids is 2. The van der Waals surface area contributed by atoms with Gasteiger partial charge in [0.05, 0.1) is 20.6 Å². The highest BCUT2D eigenvalue weighted by Gasteiger charge is 2.29. The van der Waals surface area contributed by atoms with Crippen LogP contribution in [0.3, 0.4) is 0 Å². The molecular formula is C22H19Cl2N3O4S. The van der Waals surface area contributed by atoms with Crippen molar-refractivity contribution in [1.29, 1.82) is 0 Å². The Morgan fingerprint density at radius 2 is 1.50 bits per heavy atom. The smallest absolute Gasteiger partial charge is 0.264 e. The fourth-order valence-corrected chi connectivity index (χ4v) is 4.81. The fraction of sp³-hybridized carbons (Fsp3) is 0.0909. The fourth-order valence-electron chi connectivity index (χ4n) is 2.91. The monoisotopic (exact) mass is 491 g/mol. The van der Waals surface area contributed by atoms with Crippen LogP contribution in [0.1, 0.15) is 6.92 Å². The molecule has 0 saturated carbocycles. The lowest BCUT2D eigenvalue weighted by molar-refractivity contribution is -0.115. The standard InChI is InChI=1S/C22H19Cl2N3O4S/c1-15(28)25-16-7-5-8-17(13-16)26-21(29)14-27(20-12-6-11-19(23)22(20)24)32(30,31)18-9-3-2-4-10-18/h2-13H,14H2,1H3,(H,25,28)(H,26,29). The summed E-state index contributed by atoms with van der Waals surface area (Å²) in [5, 5.41) is 5.42. The minimum Gasteiger partial charge on any atom is -0.326 e. The van der Waals surface area contributed by atoms with E-state index in [9.17, 15) is 18.0 Å². The van der Waals surface area contributed by atoms with Gasteiger partial charge in [0.2, 0.25) is 11.8 Å². The Labute approximate surface area is 196 Å². The number of hydrogen-bond acceptors (Lipinski definition) is 4. The molecule has 32 heavy (non-hydrogen) atoms. The van der Waals surface area contributed by atoms with Crippen molar-refractivity contribution >= 4 is 62.1 Å². The Morgan fingerprint density at radius 1 is 0.875 bits per heavy atom. The number of hydrogen-bond donors (Lipinski definition) is 2. The number of halogens is 2. The Hall–Kier alpha value is -3.07. The largest absolute Gasteiger partial charge is 0.326 e. The molecule has 166 valence electrons. The summed E-state index contributed by atoms with van der Waals surface area (Å²) in [6, 6.07) is 18.7. The minimum atomic E-state index is -4.13. The first kappa shape index (κ1) is 23.6. The highest BCUT2D eigenvalue weighted by Crippen LogP contribution is 2.35. The topological polar surface area (TPSA) is 95.6 Å². The van der Waals surface area contributed by atoms with Crippen molar-refractivity contribution in [2.24, 2.45) is 0 Å². The number of sulfonamides is 1. The first-order valence-electron chi connectivity index (χ1n) is 9.38. The van der Waals surface area contributed by atoms with E-state index in [0.29, 0.717) is 11.4 Å². The zero-order chi connectivity index (χ0) is 23.3. The Kier molecular flexibility index (Phi) is 7.40. The Morgan fingerprint density at radius 3 is 2.16 bits per heavy atom. The van der Waals surface area contributed by atoms with E-state index in [1.165, 1.54) is 31.2 Å². The van der Waals surface area contributed by atoms with Gasteiger partial charge in [0.15, 0.2) is 0 Å². The van der Waals surface area contributed by atoms with Crippen LogP contribution in [0, 0.1) is 0 Å². The summed E-state index contributed by atoms with van der Waals surface area (Å²) in [6.45, 7) is 0.813. The second-order valence-corrected chi connectivity index (χ2v) is 9.36. The van der Waals surface area contributed by atoms with Crippen molar-refractivity contribution in [2.45, 2.75) is 11.8 Å². The molecule has 0 unspecified atom stereocenters. The summed E-state index contributed by atoms with van der Waals surface area (Å²) < 4.78 is 27.6. The second-order valence-electron chi connectivity index (χ2n) is 6.71. The van der Waals surface area contributed by atoms with Crippen LogP contribution in [-0.2, 0) is 19.6 Å². The number of nitrogens with zero attached hydrogens (tertiary/aromatic N) is 1. The van der Waals surface area contributed by atoms with E-state index in [-0.39, 0.29) is 26.5 Å². The summed E-state index contributed by atoms with van der Waals surface area (Å²) in [5.41, 5.74) is 0.947. The quantitative estimate of drug-likeness (QED) is 0.496. The SMILES string of the molecule is CC(=O)Nc1cccc(NC(=O)CN(c2cccc(Cl)c2Cl)S(=O)(=O)c2ccccc2)c1. The van der Waals surface area contributed by atoms with Gasteiger partial charge in [-0.15, -0.1) is 0 Å². The van der Waals surface area contributed by atoms with Gasteiger partial charge in [0, 0.05) is 18.3 Å². The van der Waals surface area contributed by atoms with Crippen molar-refractivity contribution in [1.82, 2.24) is 0 Å². The molecule has 10 heteroatoms. The maximum atomic E-state index is 13.4. The van der Waals surface area contributed by atoms with Gasteiger partial charge in [0.25, 0.3) is 10.0 Å². The average Bonchev–Trinajstić information content (AvgIpc) is 2.74. The number of rotatable bonds is 7. The molecule has 0 aliphatic carbocycles. The van der Waals surface area contributed by atoms with Crippen LogP contribution in [0.5, 0.6) is 0 Å². The highest BCUT2D eigenvalue weighted by atomic mass is 35.5. The average molecular weight is 492 g/mol. The van der Waals surface area contributed by atoms with Crippen LogP contribution in [0.25, 0.3) is 0 Å². The summed E-state index contributed by atoms with van der Waals surface area (Å²) in [6.07, 6.45) is 0. The van der Waals surface area contributed by atoms with Crippen LogP contribution >= 0.6 is 23.2 Å². The molecule has 0 fully saturated rings. The molecule has 0 aliphatic rings. The Balaban J connectivity index is 1.94. The summed E-state index contributed by atoms with van der Waals surface area (Å²) in [5.74, 6) is -0.871. The molecule has 0 aliphatic heterocycles. The lowest BCUT2D eigenvalue weighted by Gasteiger charge is -2.25. The third kappa shape index (κ3) is 5.59. The van der Waals surface area contributed by atoms with Crippen molar-refractivity contribution in [3.63, 3.8) is 0 Å². The molecule has 3 aromatic rings. The number of anilines is 3. The zero-order valence-corrected chi connectivity index (χ0v) is 19.2. The van der Waals surface area contributed by atoms with Crippen LogP contribution in [0.2, 0.25) is 10.0 Å². The zero-order valence-electron chi connectivity index (χ0n) is 16.9. The van der Waals surface area contributed by atoms with E-state index >= 15 is 0 Å². The van der Waals surface area contributed by atoms with Crippen LogP contribution in [-0.4, -0.2) is 26.8 Å². The summed E-state index contributed by atoms with van der Waals surface area (Å²) in [7, 11) is -4.13. The molecule has 3 rings (SSSR count). The maximum Gasteiger partial charge on any atom is 0.264 e. The predicted octanol–water partition coefficient (Wildman–Crippen LogP) is 4.79. The minimum absolute atomic E-state index is 0.00324. The van der Waals surface area contributed by atoms with E-state index in [0.717, 1.165) is 4.31 Å². The van der Waals surface area contributed by atoms with Crippen molar-refractivity contribution in [2.75, 3.05) is 21.5 Å². The molecule has 0 radical (unpaired) electrons. The molecule has 2 N–H and O–H groups in total. The molecule has 7 nitrogen and oxygen atoms in total. The normalized spacial score (nSPS) is 11.0. The van der Waals surface area contributed by atoms with Crippen molar-refractivity contribution < 1.29 is 18.0 Å². The predicted molar refractivity (Wildman–Crippen MR) is 127 cm³/mol. The molecule has 0 bridgehead atoms. The maximum absolute atomic E-state index is 13.4. The van der Waals surface area contributed by atoms with Gasteiger partial charge < -0.3 is 10.6 Å². The van der Waals surface area contributed by atoms with Gasteiger partial charge in [-0.25, -0.2) is 8.42 Å². The van der Waals surface area contributed by atoms with E-state index in [1.807, 2.05) is 0 Å². The van der Waals surface area contributed by atoms with Gasteiger partial charge in [-0.05, 0) is 42.5 Å². The molecular weight excluding hydrogens is 473 g/mol. The highest BCUT2D eigenvalue weighted by molar-refractivity contribution is 7.92. The third-order valence-corrected chi connectivity index (χ3v) is 6.87. The first-order chi connectivity index (χ1) is 15.2. The van der Waals surface area contributed by atoms with E-state index in [4.69, 9.17) is 23.2 Å². The van der Waals surface area contributed by atoms with Crippen molar-refractivity contribution in [3.8, 4) is 0 Å². The number of nitrogens with one attached hydrogen (secondary N) is 2. The molecule has 0 aromatic heterocycles. The van der Waals surface area contributed by atoms with E-state index in [2.05, 4.69) is 10.6 Å². The molecule has 0 heterocycles. The lowest BCUT2D eigenvalue weighted by atomic mass is 10.2. The summed E-state index contributed by atoms with van der Waals surface area (Å²) >= 11 is 12.4. The van der Waals surface area contributed by atoms with E-state index in [1.54, 1.807) is 48.5 Å². The van der Waals surface area contributed by atoms with Crippen LogP contribution in [0.4, 0.5) is 17.1 Å². The van der Waals surface area contributed by atoms with Crippen LogP contribution < -0.4 is 14.9 Å². The number of amides is 2. The van der Waals surface area contributed by atoms with Gasteiger partial charge in [-0.2, -0.15) is 0 Å². The number of carbonyl (C=O) groups is 2. The first-order valence-corrected chi connectivity index (χ1v) is 11.6. The molecule has 0 spiro atoms. The lowest BCUT2D eigenvalue weighted by Crippen LogP contribution is -2.38. The molecule has 0 saturated heterocycles. The molecule has 2 amide bonds. The van der Waals surface area contributed by atoms with E-state index < -0.39 is 22.5 Å². The third-order valence-electron chi connectivity index (χ3n) is 4.29. The van der Waals surface area contributed by atoms with Crippen molar-refractivity contribution in [3.05, 3.63) is 82.8 Å². The van der Waals surface area contributed by atoms with Gasteiger partial charge >= 0.3 is 0 Å². The second kappa shape index (κ2) is 10.0. The van der Waals surface area contributed by atoms with Gasteiger partial charge in [-0.1, -0.05) is 53.5 Å². The van der Waals surface area contributed by atoms with Gasteiger partial charge in [-0.3, -0.25) is 13.9 Å².